The molecule has 2 N–H and O–H groups in total. The van der Waals surface area contributed by atoms with Gasteiger partial charge < -0.3 is 10.6 Å². The van der Waals surface area contributed by atoms with E-state index in [2.05, 4.69) is 71.3 Å². The van der Waals surface area contributed by atoms with Gasteiger partial charge in [0.05, 0.1) is 0 Å². The van der Waals surface area contributed by atoms with Crippen molar-refractivity contribution in [2.75, 3.05) is 19.6 Å². The van der Waals surface area contributed by atoms with Crippen LogP contribution in [-0.4, -0.2) is 25.2 Å². The van der Waals surface area contributed by atoms with Gasteiger partial charge in [0.25, 0.3) is 0 Å². The Hall–Kier alpha value is -1.64. The second-order valence-corrected chi connectivity index (χ2v) is 9.70. The van der Waals surface area contributed by atoms with E-state index in [1.54, 1.807) is 0 Å². The van der Waals surface area contributed by atoms with E-state index in [9.17, 15) is 0 Å². The van der Waals surface area contributed by atoms with E-state index < -0.39 is 0 Å². The van der Waals surface area contributed by atoms with E-state index >= 15 is 0 Å². The number of hydrogen-bond donors (Lipinski definition) is 2. The summed E-state index contributed by atoms with van der Waals surface area (Å²) in [6, 6.07) is 21.8. The van der Waals surface area contributed by atoms with Crippen molar-refractivity contribution in [3.05, 3.63) is 71.8 Å². The third-order valence-corrected chi connectivity index (χ3v) is 7.59. The maximum atomic E-state index is 4.02. The van der Waals surface area contributed by atoms with Crippen LogP contribution in [0.3, 0.4) is 0 Å². The van der Waals surface area contributed by atoms with Gasteiger partial charge in [0, 0.05) is 31.1 Å². The van der Waals surface area contributed by atoms with Crippen LogP contribution in [0.15, 0.2) is 60.7 Å². The summed E-state index contributed by atoms with van der Waals surface area (Å²) >= 11 is 0. The van der Waals surface area contributed by atoms with E-state index in [1.807, 2.05) is 0 Å². The highest BCUT2D eigenvalue weighted by Gasteiger charge is 2.50. The zero-order valence-corrected chi connectivity index (χ0v) is 16.9. The Morgan fingerprint density at radius 3 is 1.71 bits per heavy atom. The van der Waals surface area contributed by atoms with Crippen LogP contribution in [0.4, 0.5) is 0 Å². The van der Waals surface area contributed by atoms with Gasteiger partial charge in [0.1, 0.15) is 0 Å². The minimum Gasteiger partial charge on any atom is -0.315 e. The van der Waals surface area contributed by atoms with Crippen LogP contribution in [-0.2, 0) is 0 Å². The molecular formula is C26H34N2. The van der Waals surface area contributed by atoms with Crippen molar-refractivity contribution in [2.24, 2.45) is 17.8 Å². The number of benzene rings is 2. The average Bonchev–Trinajstić information content (AvgIpc) is 2.71. The van der Waals surface area contributed by atoms with Gasteiger partial charge in [-0.05, 0) is 67.4 Å². The molecule has 28 heavy (non-hydrogen) atoms. The first-order chi connectivity index (χ1) is 13.8. The SMILES string of the molecule is c1ccc(C(CNCCNC23CC4CC(CC(C4)C2)C3)c2ccccc2)cc1. The molecule has 0 atom stereocenters. The van der Waals surface area contributed by atoms with Crippen LogP contribution >= 0.6 is 0 Å². The maximum absolute atomic E-state index is 4.02. The minimum absolute atomic E-state index is 0.418. The lowest BCUT2D eigenvalue weighted by molar-refractivity contribution is -0.0192. The van der Waals surface area contributed by atoms with Gasteiger partial charge in [-0.2, -0.15) is 0 Å². The largest absolute Gasteiger partial charge is 0.315 e. The first kappa shape index (κ1) is 18.4. The predicted molar refractivity (Wildman–Crippen MR) is 117 cm³/mol. The fourth-order valence-corrected chi connectivity index (χ4v) is 6.79. The van der Waals surface area contributed by atoms with Gasteiger partial charge in [-0.3, -0.25) is 0 Å². The molecule has 0 radical (unpaired) electrons. The molecule has 6 rings (SSSR count). The smallest absolute Gasteiger partial charge is 0.0214 e. The first-order valence-corrected chi connectivity index (χ1v) is 11.4. The average molecular weight is 375 g/mol. The lowest BCUT2D eigenvalue weighted by Gasteiger charge is -2.57. The molecule has 4 bridgehead atoms. The number of hydrogen-bond acceptors (Lipinski definition) is 2. The van der Waals surface area contributed by atoms with Crippen LogP contribution in [0.1, 0.15) is 55.6 Å². The van der Waals surface area contributed by atoms with Crippen LogP contribution in [0.2, 0.25) is 0 Å². The van der Waals surface area contributed by atoms with Crippen molar-refractivity contribution in [1.82, 2.24) is 10.6 Å². The van der Waals surface area contributed by atoms with E-state index in [0.29, 0.717) is 11.5 Å². The summed E-state index contributed by atoms with van der Waals surface area (Å²) in [5.74, 6) is 3.48. The molecule has 0 saturated heterocycles. The minimum atomic E-state index is 0.418. The molecular weight excluding hydrogens is 340 g/mol. The number of rotatable bonds is 8. The summed E-state index contributed by atoms with van der Waals surface area (Å²) in [5, 5.41) is 7.77. The van der Waals surface area contributed by atoms with E-state index in [-0.39, 0.29) is 0 Å². The zero-order chi connectivity index (χ0) is 18.8. The van der Waals surface area contributed by atoms with Crippen molar-refractivity contribution in [3.63, 3.8) is 0 Å². The van der Waals surface area contributed by atoms with Gasteiger partial charge in [0.15, 0.2) is 0 Å². The molecule has 4 saturated carbocycles. The summed E-state index contributed by atoms with van der Waals surface area (Å²) in [6.45, 7) is 3.15. The second-order valence-electron chi connectivity index (χ2n) is 9.70. The summed E-state index contributed by atoms with van der Waals surface area (Å²) < 4.78 is 0. The van der Waals surface area contributed by atoms with Gasteiger partial charge in [-0.25, -0.2) is 0 Å². The molecule has 0 unspecified atom stereocenters. The molecule has 0 amide bonds. The first-order valence-electron chi connectivity index (χ1n) is 11.4. The molecule has 4 aliphatic rings. The molecule has 2 nitrogen and oxygen atoms in total. The highest BCUT2D eigenvalue weighted by atomic mass is 15.0. The summed E-state index contributed by atoms with van der Waals surface area (Å²) in [5.41, 5.74) is 3.28. The lowest BCUT2D eigenvalue weighted by atomic mass is 9.53. The monoisotopic (exact) mass is 374 g/mol. The van der Waals surface area contributed by atoms with Crippen LogP contribution < -0.4 is 10.6 Å². The van der Waals surface area contributed by atoms with E-state index in [1.165, 1.54) is 49.7 Å². The lowest BCUT2D eigenvalue weighted by Crippen LogP contribution is -2.59. The van der Waals surface area contributed by atoms with Crippen molar-refractivity contribution >= 4 is 0 Å². The van der Waals surface area contributed by atoms with Crippen LogP contribution in [0.5, 0.6) is 0 Å². The molecule has 0 heterocycles. The van der Waals surface area contributed by atoms with Gasteiger partial charge in [0.2, 0.25) is 0 Å². The van der Waals surface area contributed by atoms with Crippen molar-refractivity contribution in [2.45, 2.75) is 50.0 Å². The van der Waals surface area contributed by atoms with Crippen molar-refractivity contribution in [1.29, 1.82) is 0 Å². The van der Waals surface area contributed by atoms with E-state index in [4.69, 9.17) is 0 Å². The Morgan fingerprint density at radius 1 is 0.714 bits per heavy atom. The molecule has 2 heteroatoms. The normalized spacial score (nSPS) is 30.8. The third-order valence-electron chi connectivity index (χ3n) is 7.59. The number of nitrogens with one attached hydrogen (secondary N) is 2. The second kappa shape index (κ2) is 8.00. The topological polar surface area (TPSA) is 24.1 Å². The molecule has 4 aliphatic carbocycles. The standard InChI is InChI=1S/C26H34N2/c1-3-7-23(8-4-1)25(24-9-5-2-6-10-24)19-27-11-12-28-26-16-20-13-21(17-26)15-22(14-20)18-26/h1-10,20-22,25,27-28H,11-19H2. The Balaban J connectivity index is 1.15. The molecule has 2 aromatic rings. The quantitative estimate of drug-likeness (QED) is 0.638. The summed E-state index contributed by atoms with van der Waals surface area (Å²) in [6.07, 6.45) is 8.89. The van der Waals surface area contributed by atoms with Crippen LogP contribution in [0.25, 0.3) is 0 Å². The Labute approximate surface area is 170 Å². The Morgan fingerprint density at radius 2 is 1.21 bits per heavy atom. The Kier molecular flexibility index (Phi) is 5.26. The zero-order valence-electron chi connectivity index (χ0n) is 16.9. The summed E-state index contributed by atoms with van der Waals surface area (Å²) in [4.78, 5) is 0. The van der Waals surface area contributed by atoms with Crippen molar-refractivity contribution < 1.29 is 0 Å². The molecule has 4 fully saturated rings. The Bertz CT molecular complexity index is 680. The predicted octanol–water partition coefficient (Wildman–Crippen LogP) is 4.97. The molecule has 148 valence electrons. The van der Waals surface area contributed by atoms with Gasteiger partial charge in [-0.15, -0.1) is 0 Å². The van der Waals surface area contributed by atoms with Gasteiger partial charge >= 0.3 is 0 Å². The highest BCUT2D eigenvalue weighted by Crippen LogP contribution is 2.55. The third kappa shape index (κ3) is 3.90. The fourth-order valence-electron chi connectivity index (χ4n) is 6.79. The molecule has 0 spiro atoms. The highest BCUT2D eigenvalue weighted by molar-refractivity contribution is 5.32. The van der Waals surface area contributed by atoms with E-state index in [0.717, 1.165) is 37.4 Å². The molecule has 2 aromatic carbocycles. The van der Waals surface area contributed by atoms with Gasteiger partial charge in [-0.1, -0.05) is 60.7 Å². The molecule has 0 aromatic heterocycles. The maximum Gasteiger partial charge on any atom is 0.0214 e. The van der Waals surface area contributed by atoms with Crippen molar-refractivity contribution in [3.8, 4) is 0 Å². The molecule has 0 aliphatic heterocycles. The van der Waals surface area contributed by atoms with Crippen LogP contribution in [0, 0.1) is 17.8 Å². The summed E-state index contributed by atoms with van der Waals surface area (Å²) in [7, 11) is 0. The fraction of sp³-hybridized carbons (Fsp3) is 0.538.